The number of rotatable bonds is 6. The summed E-state index contributed by atoms with van der Waals surface area (Å²) in [6.07, 6.45) is 3.28. The van der Waals surface area contributed by atoms with Crippen LogP contribution in [0.1, 0.15) is 34.5 Å². The zero-order valence-corrected chi connectivity index (χ0v) is 17.4. The van der Waals surface area contributed by atoms with Crippen LogP contribution in [0.4, 0.5) is 0 Å². The van der Waals surface area contributed by atoms with Crippen molar-refractivity contribution in [2.75, 3.05) is 26.3 Å². The van der Waals surface area contributed by atoms with Gasteiger partial charge in [0.05, 0.1) is 18.1 Å². The van der Waals surface area contributed by atoms with Crippen molar-refractivity contribution in [3.05, 3.63) is 52.3 Å². The number of hydrogen-bond acceptors (Lipinski definition) is 4. The molecule has 0 unspecified atom stereocenters. The molecule has 1 saturated heterocycles. The lowest BCUT2D eigenvalue weighted by Crippen LogP contribution is -2.40. The number of ether oxygens (including phenoxy) is 1. The molecule has 0 amide bonds. The van der Waals surface area contributed by atoms with E-state index >= 15 is 0 Å². The predicted octanol–water partition coefficient (Wildman–Crippen LogP) is 1.98. The minimum Gasteiger partial charge on any atom is -0.480 e. The van der Waals surface area contributed by atoms with Crippen LogP contribution in [0.3, 0.4) is 0 Å². The molecule has 0 bridgehead atoms. The van der Waals surface area contributed by atoms with Gasteiger partial charge in [-0.25, -0.2) is 8.42 Å². The van der Waals surface area contributed by atoms with E-state index in [1.807, 2.05) is 23.6 Å². The van der Waals surface area contributed by atoms with E-state index in [2.05, 4.69) is 0 Å². The maximum Gasteiger partial charge on any atom is 0.323 e. The van der Waals surface area contributed by atoms with Gasteiger partial charge in [-0.15, -0.1) is 0 Å². The maximum absolute atomic E-state index is 13.3. The average Bonchev–Trinajstić information content (AvgIpc) is 3.27. The van der Waals surface area contributed by atoms with E-state index in [1.54, 1.807) is 12.1 Å². The number of fused-ring (bicyclic) bond motifs is 1. The number of benzene rings is 1. The second-order valence-corrected chi connectivity index (χ2v) is 9.53. The highest BCUT2D eigenvalue weighted by Crippen LogP contribution is 2.34. The molecule has 2 heterocycles. The summed E-state index contributed by atoms with van der Waals surface area (Å²) in [6, 6.07) is 7.15. The Morgan fingerprint density at radius 3 is 2.62 bits per heavy atom. The van der Waals surface area contributed by atoms with Gasteiger partial charge in [0, 0.05) is 30.9 Å². The highest BCUT2D eigenvalue weighted by atomic mass is 32.2. The molecule has 1 N–H and O–H groups in total. The topological polar surface area (TPSA) is 88.8 Å². The molecule has 156 valence electrons. The Bertz CT molecular complexity index is 1040. The Balaban J connectivity index is 1.73. The average molecular weight is 419 g/mol. The first-order chi connectivity index (χ1) is 13.9. The van der Waals surface area contributed by atoms with Crippen molar-refractivity contribution >= 4 is 16.0 Å². The van der Waals surface area contributed by atoms with Gasteiger partial charge in [-0.3, -0.25) is 4.79 Å². The summed E-state index contributed by atoms with van der Waals surface area (Å²) in [4.78, 5) is 11.7. The minimum atomic E-state index is -3.60. The maximum atomic E-state index is 13.3. The summed E-state index contributed by atoms with van der Waals surface area (Å²) in [5, 5.41) is 9.30. The normalized spacial score (nSPS) is 17.4. The van der Waals surface area contributed by atoms with Crippen LogP contribution in [0.15, 0.2) is 29.2 Å². The van der Waals surface area contributed by atoms with Crippen LogP contribution in [0.2, 0.25) is 0 Å². The van der Waals surface area contributed by atoms with Crippen LogP contribution < -0.4 is 0 Å². The van der Waals surface area contributed by atoms with E-state index in [4.69, 9.17) is 4.74 Å². The molecule has 1 aliphatic heterocycles. The van der Waals surface area contributed by atoms with Crippen molar-refractivity contribution in [1.29, 1.82) is 0 Å². The van der Waals surface area contributed by atoms with Crippen LogP contribution in [0.5, 0.6) is 0 Å². The smallest absolute Gasteiger partial charge is 0.323 e. The number of sulfonamides is 1. The summed E-state index contributed by atoms with van der Waals surface area (Å²) in [5.74, 6) is -0.861. The fourth-order valence-corrected chi connectivity index (χ4v) is 6.17. The molecule has 0 atom stereocenters. The molecule has 2 aliphatic rings. The summed E-state index contributed by atoms with van der Waals surface area (Å²) in [6.45, 7) is 3.43. The van der Waals surface area contributed by atoms with Gasteiger partial charge in [-0.1, -0.05) is 18.2 Å². The molecular weight excluding hydrogens is 392 g/mol. The third-order valence-corrected chi connectivity index (χ3v) is 7.94. The molecule has 29 heavy (non-hydrogen) atoms. The van der Waals surface area contributed by atoms with Crippen LogP contribution in [-0.4, -0.2) is 54.7 Å². The van der Waals surface area contributed by atoms with E-state index in [0.717, 1.165) is 41.8 Å². The molecule has 0 radical (unpaired) electrons. The first-order valence-corrected chi connectivity index (χ1v) is 11.4. The van der Waals surface area contributed by atoms with E-state index in [-0.39, 0.29) is 6.54 Å². The molecule has 0 saturated carbocycles. The van der Waals surface area contributed by atoms with Crippen molar-refractivity contribution in [3.8, 4) is 0 Å². The van der Waals surface area contributed by atoms with Crippen molar-refractivity contribution in [2.45, 2.75) is 44.0 Å². The third-order valence-electron chi connectivity index (χ3n) is 5.94. The first-order valence-electron chi connectivity index (χ1n) is 9.97. The molecule has 7 nitrogen and oxygen atoms in total. The summed E-state index contributed by atoms with van der Waals surface area (Å²) >= 11 is 0. The van der Waals surface area contributed by atoms with E-state index in [9.17, 15) is 18.3 Å². The van der Waals surface area contributed by atoms with Crippen LogP contribution in [0.25, 0.3) is 0 Å². The Morgan fingerprint density at radius 1 is 1.17 bits per heavy atom. The fourth-order valence-electron chi connectivity index (χ4n) is 4.54. The zero-order chi connectivity index (χ0) is 20.6. The number of carboxylic acids is 1. The summed E-state index contributed by atoms with van der Waals surface area (Å²) in [5.41, 5.74) is 5.04. The molecule has 2 aromatic rings. The number of nitrogens with zero attached hydrogens (tertiary/aromatic N) is 2. The Hall–Kier alpha value is -2.16. The predicted molar refractivity (Wildman–Crippen MR) is 108 cm³/mol. The van der Waals surface area contributed by atoms with E-state index < -0.39 is 16.0 Å². The molecule has 1 aliphatic carbocycles. The van der Waals surface area contributed by atoms with Crippen LogP contribution >= 0.6 is 0 Å². The highest BCUT2D eigenvalue weighted by molar-refractivity contribution is 7.89. The molecule has 8 heteroatoms. The molecule has 0 spiro atoms. The van der Waals surface area contributed by atoms with Gasteiger partial charge in [0.25, 0.3) is 0 Å². The minimum absolute atomic E-state index is 0.0537. The first kappa shape index (κ1) is 20.1. The number of carbonyl (C=O) groups is 1. The van der Waals surface area contributed by atoms with Gasteiger partial charge >= 0.3 is 5.97 Å². The molecular formula is C21H26N2O5S. The van der Waals surface area contributed by atoms with Crippen LogP contribution in [-0.2, 0) is 45.4 Å². The van der Waals surface area contributed by atoms with Crippen molar-refractivity contribution in [3.63, 3.8) is 0 Å². The zero-order valence-electron chi connectivity index (χ0n) is 16.6. The monoisotopic (exact) mass is 418 g/mol. The molecule has 1 fully saturated rings. The Kier molecular flexibility index (Phi) is 5.50. The quantitative estimate of drug-likeness (QED) is 0.775. The van der Waals surface area contributed by atoms with Gasteiger partial charge in [-0.2, -0.15) is 4.31 Å². The van der Waals surface area contributed by atoms with Gasteiger partial charge < -0.3 is 14.4 Å². The summed E-state index contributed by atoms with van der Waals surface area (Å²) in [7, 11) is -3.60. The largest absolute Gasteiger partial charge is 0.480 e. The molecule has 4 rings (SSSR count). The van der Waals surface area contributed by atoms with Gasteiger partial charge in [-0.05, 0) is 48.9 Å². The number of carboxylic acid groups (broad SMARTS) is 1. The number of morpholine rings is 1. The summed E-state index contributed by atoms with van der Waals surface area (Å²) < 4.78 is 35.2. The lowest BCUT2D eigenvalue weighted by atomic mass is 10.0. The van der Waals surface area contributed by atoms with Gasteiger partial charge in [0.15, 0.2) is 0 Å². The molecule has 1 aromatic carbocycles. The van der Waals surface area contributed by atoms with Crippen molar-refractivity contribution in [1.82, 2.24) is 8.87 Å². The van der Waals surface area contributed by atoms with E-state index in [0.29, 0.717) is 37.6 Å². The highest BCUT2D eigenvalue weighted by Gasteiger charge is 2.30. The van der Waals surface area contributed by atoms with E-state index in [1.165, 1.54) is 9.87 Å². The van der Waals surface area contributed by atoms with Gasteiger partial charge in [0.2, 0.25) is 10.0 Å². The van der Waals surface area contributed by atoms with Crippen molar-refractivity contribution in [2.24, 2.45) is 0 Å². The number of aliphatic carboxylic acids is 1. The second-order valence-electron chi connectivity index (χ2n) is 7.62. The third kappa shape index (κ3) is 3.72. The number of hydrogen-bond donors (Lipinski definition) is 1. The molecule has 1 aromatic heterocycles. The standard InChI is InChI=1S/C21H26N2O5S/c1-15-18(17-6-4-7-19(17)23(15)14-21(24)25)13-16-5-2-3-8-20(16)29(26,27)22-9-11-28-12-10-22/h2-3,5,8H,4,6-7,9-14H2,1H3,(H,24,25). The SMILES string of the molecule is Cc1c(Cc2ccccc2S(=O)(=O)N2CCOCC2)c2c(n1CC(=O)O)CCC2. The van der Waals surface area contributed by atoms with Crippen molar-refractivity contribution < 1.29 is 23.1 Å². The Labute approximate surface area is 171 Å². The number of aromatic nitrogens is 1. The fraction of sp³-hybridized carbons (Fsp3) is 0.476. The second kappa shape index (κ2) is 7.93. The lowest BCUT2D eigenvalue weighted by molar-refractivity contribution is -0.137. The van der Waals surface area contributed by atoms with Crippen LogP contribution in [0, 0.1) is 6.92 Å². The lowest BCUT2D eigenvalue weighted by Gasteiger charge is -2.27. The Morgan fingerprint density at radius 2 is 1.90 bits per heavy atom. The van der Waals surface area contributed by atoms with Gasteiger partial charge in [0.1, 0.15) is 6.54 Å².